The van der Waals surface area contributed by atoms with E-state index in [-0.39, 0.29) is 12.3 Å². The highest BCUT2D eigenvalue weighted by atomic mass is 35.5. The summed E-state index contributed by atoms with van der Waals surface area (Å²) in [7, 11) is 0. The van der Waals surface area contributed by atoms with Crippen LogP contribution in [0.25, 0.3) is 0 Å². The molecule has 1 aliphatic carbocycles. The van der Waals surface area contributed by atoms with Crippen LogP contribution in [0.2, 0.25) is 0 Å². The summed E-state index contributed by atoms with van der Waals surface area (Å²) in [6.07, 6.45) is -2.47. The highest BCUT2D eigenvalue weighted by molar-refractivity contribution is 6.27. The molecular formula is C9H13ClF3NO. The van der Waals surface area contributed by atoms with Gasteiger partial charge < -0.3 is 5.32 Å². The second kappa shape index (κ2) is 5.05. The fourth-order valence-electron chi connectivity index (χ4n) is 1.94. The van der Waals surface area contributed by atoms with Gasteiger partial charge in [-0.2, -0.15) is 13.2 Å². The summed E-state index contributed by atoms with van der Waals surface area (Å²) in [6.45, 7) is 0. The Morgan fingerprint density at radius 1 is 1.33 bits per heavy atom. The molecule has 0 aliphatic heterocycles. The van der Waals surface area contributed by atoms with Crippen molar-refractivity contribution in [3.8, 4) is 0 Å². The fraction of sp³-hybridized carbons (Fsp3) is 0.889. The molecule has 0 aromatic heterocycles. The van der Waals surface area contributed by atoms with Crippen molar-refractivity contribution < 1.29 is 18.0 Å². The van der Waals surface area contributed by atoms with Crippen LogP contribution in [0.15, 0.2) is 0 Å². The first-order valence-corrected chi connectivity index (χ1v) is 5.40. The van der Waals surface area contributed by atoms with Crippen molar-refractivity contribution in [1.29, 1.82) is 0 Å². The van der Waals surface area contributed by atoms with Crippen LogP contribution in [0, 0.1) is 5.92 Å². The normalized spacial score (nSPS) is 27.5. The number of rotatable bonds is 2. The Hall–Kier alpha value is -0.450. The summed E-state index contributed by atoms with van der Waals surface area (Å²) >= 11 is 5.24. The van der Waals surface area contributed by atoms with Gasteiger partial charge >= 0.3 is 6.18 Å². The maximum Gasteiger partial charge on any atom is 0.393 e. The van der Waals surface area contributed by atoms with Crippen LogP contribution in [0.3, 0.4) is 0 Å². The van der Waals surface area contributed by atoms with Crippen LogP contribution in [0.4, 0.5) is 13.2 Å². The summed E-state index contributed by atoms with van der Waals surface area (Å²) in [4.78, 5) is 10.9. The number of hydrogen-bond donors (Lipinski definition) is 1. The molecule has 1 aliphatic rings. The lowest BCUT2D eigenvalue weighted by molar-refractivity contribution is -0.189. The van der Waals surface area contributed by atoms with E-state index in [0.29, 0.717) is 12.8 Å². The van der Waals surface area contributed by atoms with Crippen LogP contribution in [-0.4, -0.2) is 24.0 Å². The molecule has 2 nitrogen and oxygen atoms in total. The molecule has 1 fully saturated rings. The Labute approximate surface area is 91.2 Å². The lowest BCUT2D eigenvalue weighted by Gasteiger charge is -2.33. The summed E-state index contributed by atoms with van der Waals surface area (Å²) < 4.78 is 37.7. The Morgan fingerprint density at radius 3 is 2.47 bits per heavy atom. The number of hydrogen-bond acceptors (Lipinski definition) is 1. The molecule has 1 rings (SSSR count). The van der Waals surface area contributed by atoms with Gasteiger partial charge in [-0.05, 0) is 12.8 Å². The molecule has 1 N–H and O–H groups in total. The molecule has 1 amide bonds. The molecule has 0 bridgehead atoms. The van der Waals surface area contributed by atoms with Gasteiger partial charge in [-0.3, -0.25) is 4.79 Å². The smallest absolute Gasteiger partial charge is 0.352 e. The van der Waals surface area contributed by atoms with Crippen molar-refractivity contribution >= 4 is 17.5 Å². The third-order valence-corrected chi connectivity index (χ3v) is 2.90. The maximum absolute atomic E-state index is 12.6. The van der Waals surface area contributed by atoms with Crippen molar-refractivity contribution in [3.05, 3.63) is 0 Å². The second-order valence-corrected chi connectivity index (χ2v) is 4.01. The van der Waals surface area contributed by atoms with E-state index in [4.69, 9.17) is 11.6 Å². The highest BCUT2D eigenvalue weighted by Gasteiger charge is 2.45. The summed E-state index contributed by atoms with van der Waals surface area (Å²) in [5.74, 6) is -2.24. The number of halogens is 4. The molecular weight excluding hydrogens is 231 g/mol. The largest absolute Gasteiger partial charge is 0.393 e. The SMILES string of the molecule is O=C(CCl)N[C@@H]1CCCC[C@H]1C(F)(F)F. The van der Waals surface area contributed by atoms with Gasteiger partial charge in [0.15, 0.2) is 0 Å². The Kier molecular flexibility index (Phi) is 4.25. The summed E-state index contributed by atoms with van der Waals surface area (Å²) in [5.41, 5.74) is 0. The predicted molar refractivity (Wildman–Crippen MR) is 50.7 cm³/mol. The maximum atomic E-state index is 12.6. The monoisotopic (exact) mass is 243 g/mol. The number of nitrogens with one attached hydrogen (secondary N) is 1. The zero-order valence-electron chi connectivity index (χ0n) is 8.11. The van der Waals surface area contributed by atoms with Crippen LogP contribution >= 0.6 is 11.6 Å². The van der Waals surface area contributed by atoms with Crippen LogP contribution in [0.1, 0.15) is 25.7 Å². The lowest BCUT2D eigenvalue weighted by Crippen LogP contribution is -2.48. The standard InChI is InChI=1S/C9H13ClF3NO/c10-5-8(15)14-7-4-2-1-3-6(7)9(11,12)13/h6-7H,1-5H2,(H,14,15)/t6-,7-/m1/s1. The third-order valence-electron chi connectivity index (χ3n) is 2.65. The van der Waals surface area contributed by atoms with E-state index in [1.165, 1.54) is 0 Å². The van der Waals surface area contributed by atoms with E-state index in [2.05, 4.69) is 5.32 Å². The second-order valence-electron chi connectivity index (χ2n) is 3.74. The minimum Gasteiger partial charge on any atom is -0.352 e. The number of alkyl halides is 4. The van der Waals surface area contributed by atoms with Crippen molar-refractivity contribution in [1.82, 2.24) is 5.32 Å². The molecule has 6 heteroatoms. The van der Waals surface area contributed by atoms with E-state index >= 15 is 0 Å². The molecule has 0 aromatic rings. The Balaban J connectivity index is 2.62. The highest BCUT2D eigenvalue weighted by Crippen LogP contribution is 2.37. The molecule has 0 unspecified atom stereocenters. The first kappa shape index (κ1) is 12.6. The molecule has 88 valence electrons. The average molecular weight is 244 g/mol. The van der Waals surface area contributed by atoms with Gasteiger partial charge in [0, 0.05) is 6.04 Å². The van der Waals surface area contributed by atoms with E-state index < -0.39 is 24.0 Å². The average Bonchev–Trinajstić information content (AvgIpc) is 2.17. The fourth-order valence-corrected chi connectivity index (χ4v) is 2.02. The zero-order valence-corrected chi connectivity index (χ0v) is 8.87. The Morgan fingerprint density at radius 2 is 1.93 bits per heavy atom. The van der Waals surface area contributed by atoms with E-state index in [9.17, 15) is 18.0 Å². The van der Waals surface area contributed by atoms with E-state index in [1.54, 1.807) is 0 Å². The lowest BCUT2D eigenvalue weighted by atomic mass is 9.84. The van der Waals surface area contributed by atoms with Crippen molar-refractivity contribution in [2.45, 2.75) is 37.9 Å². The minimum absolute atomic E-state index is 0.0940. The molecule has 0 aromatic carbocycles. The summed E-state index contributed by atoms with van der Waals surface area (Å²) in [6, 6.07) is -0.801. The van der Waals surface area contributed by atoms with Gasteiger partial charge in [-0.25, -0.2) is 0 Å². The quantitative estimate of drug-likeness (QED) is 0.742. The van der Waals surface area contributed by atoms with Crippen LogP contribution in [-0.2, 0) is 4.79 Å². The molecule has 0 saturated heterocycles. The van der Waals surface area contributed by atoms with Crippen molar-refractivity contribution in [2.24, 2.45) is 5.92 Å². The Bertz CT molecular complexity index is 232. The van der Waals surface area contributed by atoms with E-state index in [1.807, 2.05) is 0 Å². The minimum atomic E-state index is -4.23. The molecule has 15 heavy (non-hydrogen) atoms. The van der Waals surface area contributed by atoms with Crippen molar-refractivity contribution in [3.63, 3.8) is 0 Å². The molecule has 1 saturated carbocycles. The van der Waals surface area contributed by atoms with Crippen molar-refractivity contribution in [2.75, 3.05) is 5.88 Å². The van der Waals surface area contributed by atoms with Gasteiger partial charge in [0.25, 0.3) is 0 Å². The molecule has 0 heterocycles. The van der Waals surface area contributed by atoms with Gasteiger partial charge in [-0.1, -0.05) is 12.8 Å². The van der Waals surface area contributed by atoms with Gasteiger partial charge in [0.1, 0.15) is 5.88 Å². The van der Waals surface area contributed by atoms with Crippen LogP contribution in [0.5, 0.6) is 0 Å². The first-order valence-electron chi connectivity index (χ1n) is 4.87. The summed E-state index contributed by atoms with van der Waals surface area (Å²) in [5, 5.41) is 2.33. The zero-order chi connectivity index (χ0) is 11.5. The number of carbonyl (C=O) groups is 1. The molecule has 2 atom stereocenters. The van der Waals surface area contributed by atoms with Gasteiger partial charge in [-0.15, -0.1) is 11.6 Å². The predicted octanol–water partition coefficient (Wildman–Crippen LogP) is 2.46. The number of carbonyl (C=O) groups excluding carboxylic acids is 1. The van der Waals surface area contributed by atoms with Gasteiger partial charge in [0.05, 0.1) is 5.92 Å². The van der Waals surface area contributed by atoms with E-state index in [0.717, 1.165) is 6.42 Å². The topological polar surface area (TPSA) is 29.1 Å². The molecule has 0 spiro atoms. The van der Waals surface area contributed by atoms with Crippen LogP contribution < -0.4 is 5.32 Å². The number of amides is 1. The molecule has 0 radical (unpaired) electrons. The van der Waals surface area contributed by atoms with Gasteiger partial charge in [0.2, 0.25) is 5.91 Å². The first-order chi connectivity index (χ1) is 6.95. The third kappa shape index (κ3) is 3.55.